The van der Waals surface area contributed by atoms with Gasteiger partial charge in [-0.05, 0) is 26.7 Å². The van der Waals surface area contributed by atoms with Gasteiger partial charge in [0.1, 0.15) is 5.60 Å². The van der Waals surface area contributed by atoms with Gasteiger partial charge in [-0.2, -0.15) is 0 Å². The van der Waals surface area contributed by atoms with Crippen molar-refractivity contribution in [3.63, 3.8) is 0 Å². The predicted molar refractivity (Wildman–Crippen MR) is 54.9 cm³/mol. The van der Waals surface area contributed by atoms with E-state index < -0.39 is 18.0 Å². The molecule has 1 amide bonds. The van der Waals surface area contributed by atoms with Crippen LogP contribution in [0.1, 0.15) is 27.2 Å². The van der Waals surface area contributed by atoms with Crippen molar-refractivity contribution in [1.29, 1.82) is 0 Å². The van der Waals surface area contributed by atoms with Crippen LogP contribution in [-0.4, -0.2) is 34.7 Å². The number of amides is 1. The molecule has 0 saturated heterocycles. The van der Waals surface area contributed by atoms with E-state index in [0.29, 0.717) is 13.0 Å². The third-order valence-electron chi connectivity index (χ3n) is 1.15. The van der Waals surface area contributed by atoms with Crippen LogP contribution in [0.3, 0.4) is 0 Å². The van der Waals surface area contributed by atoms with E-state index in [1.807, 2.05) is 0 Å². The summed E-state index contributed by atoms with van der Waals surface area (Å²) in [6, 6.07) is 0. The largest absolute Gasteiger partial charge is 0.444 e. The lowest BCUT2D eigenvalue weighted by Crippen LogP contribution is -2.32. The standard InChI is InChI=1S/C10H17NO4/c1-10(2,3)15-9(14)11-7-5-4-6-8(12)13/h8,12-13H,5,7H2,1-3H3,(H,11,14). The summed E-state index contributed by atoms with van der Waals surface area (Å²) in [4.78, 5) is 11.1. The van der Waals surface area contributed by atoms with Crippen molar-refractivity contribution in [2.75, 3.05) is 6.54 Å². The number of hydrogen-bond donors (Lipinski definition) is 3. The summed E-state index contributed by atoms with van der Waals surface area (Å²) in [5.74, 6) is 4.62. The molecule has 0 unspecified atom stereocenters. The molecular weight excluding hydrogens is 198 g/mol. The molecule has 0 aromatic heterocycles. The van der Waals surface area contributed by atoms with E-state index >= 15 is 0 Å². The second kappa shape index (κ2) is 6.27. The van der Waals surface area contributed by atoms with Gasteiger partial charge in [0.15, 0.2) is 0 Å². The van der Waals surface area contributed by atoms with Gasteiger partial charge in [-0.1, -0.05) is 5.92 Å². The first-order valence-corrected chi connectivity index (χ1v) is 4.62. The summed E-state index contributed by atoms with van der Waals surface area (Å²) >= 11 is 0. The van der Waals surface area contributed by atoms with Gasteiger partial charge >= 0.3 is 6.09 Å². The maximum absolute atomic E-state index is 11.1. The van der Waals surface area contributed by atoms with Crippen LogP contribution in [0.4, 0.5) is 4.79 Å². The lowest BCUT2D eigenvalue weighted by Gasteiger charge is -2.19. The van der Waals surface area contributed by atoms with Gasteiger partial charge in [0.2, 0.25) is 6.29 Å². The molecule has 0 aromatic carbocycles. The van der Waals surface area contributed by atoms with Crippen molar-refractivity contribution >= 4 is 6.09 Å². The molecule has 0 aromatic rings. The molecule has 0 rings (SSSR count). The molecule has 5 heteroatoms. The first-order valence-electron chi connectivity index (χ1n) is 4.62. The number of alkyl carbamates (subject to hydrolysis) is 1. The Morgan fingerprint density at radius 2 is 2.07 bits per heavy atom. The minimum atomic E-state index is -1.62. The van der Waals surface area contributed by atoms with Gasteiger partial charge in [0.25, 0.3) is 0 Å². The SMILES string of the molecule is CC(C)(C)OC(=O)NCCC#CC(O)O. The third-order valence-corrected chi connectivity index (χ3v) is 1.15. The maximum atomic E-state index is 11.1. The highest BCUT2D eigenvalue weighted by atomic mass is 16.6. The van der Waals surface area contributed by atoms with E-state index in [0.717, 1.165) is 0 Å². The number of hydrogen-bond acceptors (Lipinski definition) is 4. The Labute approximate surface area is 89.4 Å². The van der Waals surface area contributed by atoms with Gasteiger partial charge in [0.05, 0.1) is 0 Å². The zero-order chi connectivity index (χ0) is 11.9. The summed E-state index contributed by atoms with van der Waals surface area (Å²) in [7, 11) is 0. The zero-order valence-corrected chi connectivity index (χ0v) is 9.20. The van der Waals surface area contributed by atoms with E-state index in [-0.39, 0.29) is 0 Å². The van der Waals surface area contributed by atoms with Gasteiger partial charge in [0, 0.05) is 13.0 Å². The molecule has 0 atom stereocenters. The van der Waals surface area contributed by atoms with Crippen LogP contribution in [0.25, 0.3) is 0 Å². The van der Waals surface area contributed by atoms with Gasteiger partial charge in [-0.15, -0.1) is 0 Å². The van der Waals surface area contributed by atoms with E-state index in [1.165, 1.54) is 0 Å². The zero-order valence-electron chi connectivity index (χ0n) is 9.20. The molecule has 0 radical (unpaired) electrons. The smallest absolute Gasteiger partial charge is 0.407 e. The molecule has 3 N–H and O–H groups in total. The molecule has 0 spiro atoms. The molecule has 0 fully saturated rings. The monoisotopic (exact) mass is 215 g/mol. The summed E-state index contributed by atoms with van der Waals surface area (Å²) in [6.45, 7) is 5.63. The van der Waals surface area contributed by atoms with Crippen molar-refractivity contribution in [3.05, 3.63) is 0 Å². The number of rotatable bonds is 2. The molecule has 86 valence electrons. The average Bonchev–Trinajstić information content (AvgIpc) is 1.99. The summed E-state index contributed by atoms with van der Waals surface area (Å²) < 4.78 is 4.97. The van der Waals surface area contributed by atoms with Crippen molar-refractivity contribution < 1.29 is 19.7 Å². The fourth-order valence-corrected chi connectivity index (χ4v) is 0.705. The molecule has 0 heterocycles. The van der Waals surface area contributed by atoms with Gasteiger partial charge < -0.3 is 20.3 Å². The summed E-state index contributed by atoms with van der Waals surface area (Å²) in [5.41, 5.74) is -0.517. The van der Waals surface area contributed by atoms with E-state index in [9.17, 15) is 4.79 Å². The quantitative estimate of drug-likeness (QED) is 0.349. The molecule has 0 aliphatic rings. The second-order valence-corrected chi connectivity index (χ2v) is 3.87. The fraction of sp³-hybridized carbons (Fsp3) is 0.700. The van der Waals surface area contributed by atoms with Crippen LogP contribution >= 0.6 is 0 Å². The number of carbonyl (C=O) groups excluding carboxylic acids is 1. The highest BCUT2D eigenvalue weighted by Crippen LogP contribution is 2.06. The van der Waals surface area contributed by atoms with Crippen molar-refractivity contribution in [2.24, 2.45) is 0 Å². The van der Waals surface area contributed by atoms with Crippen LogP contribution in [0.5, 0.6) is 0 Å². The van der Waals surface area contributed by atoms with E-state index in [2.05, 4.69) is 17.2 Å². The fourth-order valence-electron chi connectivity index (χ4n) is 0.705. The van der Waals surface area contributed by atoms with Crippen LogP contribution in [0.15, 0.2) is 0 Å². The summed E-state index contributed by atoms with van der Waals surface area (Å²) in [5, 5.41) is 19.3. The first-order chi connectivity index (χ1) is 6.81. The Kier molecular flexibility index (Phi) is 5.75. The van der Waals surface area contributed by atoms with E-state index in [4.69, 9.17) is 14.9 Å². The van der Waals surface area contributed by atoms with Crippen molar-refractivity contribution in [3.8, 4) is 11.8 Å². The Morgan fingerprint density at radius 1 is 1.47 bits per heavy atom. The topological polar surface area (TPSA) is 78.8 Å². The predicted octanol–water partition coefficient (Wildman–Crippen LogP) is 0.215. The second-order valence-electron chi connectivity index (χ2n) is 3.87. The van der Waals surface area contributed by atoms with Crippen LogP contribution in [-0.2, 0) is 4.74 Å². The average molecular weight is 215 g/mol. The molecule has 0 aliphatic carbocycles. The van der Waals surface area contributed by atoms with E-state index in [1.54, 1.807) is 20.8 Å². The number of ether oxygens (including phenoxy) is 1. The van der Waals surface area contributed by atoms with Crippen LogP contribution < -0.4 is 5.32 Å². The maximum Gasteiger partial charge on any atom is 0.407 e. The van der Waals surface area contributed by atoms with Crippen LogP contribution in [0, 0.1) is 11.8 Å². The van der Waals surface area contributed by atoms with Crippen molar-refractivity contribution in [2.45, 2.75) is 39.1 Å². The first kappa shape index (κ1) is 13.8. The lowest BCUT2D eigenvalue weighted by molar-refractivity contribution is 0.0107. The third kappa shape index (κ3) is 10.7. The molecular formula is C10H17NO4. The Bertz CT molecular complexity index is 257. The molecule has 15 heavy (non-hydrogen) atoms. The Balaban J connectivity index is 3.62. The molecule has 5 nitrogen and oxygen atoms in total. The Hall–Kier alpha value is -1.25. The van der Waals surface area contributed by atoms with Crippen LogP contribution in [0.2, 0.25) is 0 Å². The van der Waals surface area contributed by atoms with Crippen molar-refractivity contribution in [1.82, 2.24) is 5.32 Å². The molecule has 0 bridgehead atoms. The minimum Gasteiger partial charge on any atom is -0.444 e. The molecule has 0 saturated carbocycles. The number of aliphatic hydroxyl groups excluding tert-OH is 1. The minimum absolute atomic E-state index is 0.314. The Morgan fingerprint density at radius 3 is 2.53 bits per heavy atom. The van der Waals surface area contributed by atoms with Gasteiger partial charge in [-0.3, -0.25) is 0 Å². The number of carbonyl (C=O) groups is 1. The van der Waals surface area contributed by atoms with Gasteiger partial charge in [-0.25, -0.2) is 4.79 Å². The lowest BCUT2D eigenvalue weighted by atomic mass is 10.2. The molecule has 0 aliphatic heterocycles. The normalized spacial score (nSPS) is 10.5. The number of nitrogens with one attached hydrogen (secondary N) is 1. The summed E-state index contributed by atoms with van der Waals surface area (Å²) in [6.07, 6.45) is -1.78. The highest BCUT2D eigenvalue weighted by Gasteiger charge is 2.15. The number of aliphatic hydroxyl groups is 2. The highest BCUT2D eigenvalue weighted by molar-refractivity contribution is 5.67.